The van der Waals surface area contributed by atoms with Crippen molar-refractivity contribution in [3.8, 4) is 5.69 Å². The molecule has 0 aliphatic heterocycles. The molecular weight excluding hydrogens is 328 g/mol. The fourth-order valence-corrected chi connectivity index (χ4v) is 3.10. The molecule has 5 rings (SSSR count). The van der Waals surface area contributed by atoms with Gasteiger partial charge in [-0.05, 0) is 43.5 Å². The van der Waals surface area contributed by atoms with Crippen molar-refractivity contribution >= 4 is 11.3 Å². The first-order chi connectivity index (χ1) is 12.8. The van der Waals surface area contributed by atoms with Crippen LogP contribution in [-0.4, -0.2) is 34.6 Å². The van der Waals surface area contributed by atoms with Gasteiger partial charge in [0.05, 0.1) is 17.1 Å². The van der Waals surface area contributed by atoms with Gasteiger partial charge < -0.3 is 5.32 Å². The van der Waals surface area contributed by atoms with Crippen LogP contribution in [0.4, 0.5) is 5.69 Å². The van der Waals surface area contributed by atoms with Gasteiger partial charge in [0.2, 0.25) is 5.65 Å². The lowest BCUT2D eigenvalue weighted by atomic mass is 10.1. The van der Waals surface area contributed by atoms with Crippen LogP contribution in [-0.2, 0) is 0 Å². The van der Waals surface area contributed by atoms with Crippen LogP contribution >= 0.6 is 0 Å². The maximum absolute atomic E-state index is 4.61. The third kappa shape index (κ3) is 2.69. The fourth-order valence-electron chi connectivity index (χ4n) is 3.10. The molecule has 0 radical (unpaired) electrons. The summed E-state index contributed by atoms with van der Waals surface area (Å²) < 4.78 is 3.50. The van der Waals surface area contributed by atoms with Crippen molar-refractivity contribution in [1.82, 2.24) is 34.6 Å². The molecule has 4 aromatic rings. The van der Waals surface area contributed by atoms with E-state index in [0.717, 1.165) is 22.7 Å². The van der Waals surface area contributed by atoms with Crippen LogP contribution in [0.25, 0.3) is 11.3 Å². The Hall–Kier alpha value is -3.29. The van der Waals surface area contributed by atoms with E-state index in [4.69, 9.17) is 0 Å². The highest BCUT2D eigenvalue weighted by Crippen LogP contribution is 2.40. The number of anilines is 1. The zero-order valence-corrected chi connectivity index (χ0v) is 14.3. The lowest BCUT2D eigenvalue weighted by molar-refractivity contribution is 0.835. The van der Waals surface area contributed by atoms with Crippen molar-refractivity contribution in [2.24, 2.45) is 0 Å². The minimum absolute atomic E-state index is 0.120. The topological polar surface area (TPSA) is 85.8 Å². The number of nitrogens with one attached hydrogen (secondary N) is 1. The molecule has 1 fully saturated rings. The van der Waals surface area contributed by atoms with Gasteiger partial charge in [-0.3, -0.25) is 0 Å². The van der Waals surface area contributed by atoms with E-state index in [1.54, 1.807) is 21.9 Å². The molecule has 1 aliphatic rings. The van der Waals surface area contributed by atoms with E-state index < -0.39 is 0 Å². The summed E-state index contributed by atoms with van der Waals surface area (Å²) in [7, 11) is 0. The number of rotatable bonds is 5. The Balaban J connectivity index is 1.42. The summed E-state index contributed by atoms with van der Waals surface area (Å²) in [5, 5.41) is 20.5. The molecule has 8 nitrogen and oxygen atoms in total. The lowest BCUT2D eigenvalue weighted by Gasteiger charge is -2.17. The summed E-state index contributed by atoms with van der Waals surface area (Å²) in [6, 6.07) is 10.5. The van der Waals surface area contributed by atoms with Gasteiger partial charge in [0.25, 0.3) is 0 Å². The van der Waals surface area contributed by atoms with Gasteiger partial charge in [-0.2, -0.15) is 14.7 Å². The highest BCUT2D eigenvalue weighted by molar-refractivity contribution is 5.67. The Morgan fingerprint density at radius 1 is 1.15 bits per heavy atom. The number of hydrogen-bond donors (Lipinski definition) is 1. The van der Waals surface area contributed by atoms with Gasteiger partial charge in [0.15, 0.2) is 0 Å². The summed E-state index contributed by atoms with van der Waals surface area (Å²) >= 11 is 0. The van der Waals surface area contributed by atoms with Gasteiger partial charge in [-0.15, -0.1) is 10.2 Å². The second kappa shape index (κ2) is 5.91. The summed E-state index contributed by atoms with van der Waals surface area (Å²) in [5.74, 6) is 0.569. The Morgan fingerprint density at radius 2 is 2.00 bits per heavy atom. The largest absolute Gasteiger partial charge is 0.375 e. The molecule has 3 aromatic heterocycles. The first-order valence-electron chi connectivity index (χ1n) is 8.70. The maximum atomic E-state index is 4.61. The smallest absolute Gasteiger partial charge is 0.200 e. The van der Waals surface area contributed by atoms with E-state index in [9.17, 15) is 0 Å². The second-order valence-electron chi connectivity index (χ2n) is 6.65. The van der Waals surface area contributed by atoms with Crippen LogP contribution < -0.4 is 5.32 Å². The van der Waals surface area contributed by atoms with Gasteiger partial charge in [-0.25, -0.2) is 9.67 Å². The molecule has 8 heteroatoms. The van der Waals surface area contributed by atoms with E-state index in [1.807, 2.05) is 12.1 Å². The Bertz CT molecular complexity index is 1030. The highest BCUT2D eigenvalue weighted by Gasteiger charge is 2.27. The Kier molecular flexibility index (Phi) is 3.41. The van der Waals surface area contributed by atoms with Crippen LogP contribution in [0.15, 0.2) is 49.3 Å². The molecule has 1 N–H and O–H groups in total. The molecule has 0 saturated heterocycles. The number of aromatic nitrogens is 7. The third-order valence-corrected chi connectivity index (χ3v) is 4.73. The lowest BCUT2D eigenvalue weighted by Crippen LogP contribution is -2.10. The van der Waals surface area contributed by atoms with Crippen molar-refractivity contribution in [3.63, 3.8) is 0 Å². The van der Waals surface area contributed by atoms with E-state index in [2.05, 4.69) is 55.8 Å². The van der Waals surface area contributed by atoms with Crippen LogP contribution in [0.5, 0.6) is 0 Å². The van der Waals surface area contributed by atoms with Gasteiger partial charge in [-0.1, -0.05) is 12.1 Å². The zero-order chi connectivity index (χ0) is 17.5. The Labute approximate surface area is 149 Å². The summed E-state index contributed by atoms with van der Waals surface area (Å²) in [6.45, 7) is 2.13. The van der Waals surface area contributed by atoms with Crippen LogP contribution in [0.3, 0.4) is 0 Å². The van der Waals surface area contributed by atoms with Crippen LogP contribution in [0, 0.1) is 0 Å². The van der Waals surface area contributed by atoms with Crippen LogP contribution in [0.1, 0.15) is 43.0 Å². The molecule has 0 amide bonds. The molecule has 1 aliphatic carbocycles. The minimum Gasteiger partial charge on any atom is -0.375 e. The monoisotopic (exact) mass is 346 g/mol. The summed E-state index contributed by atoms with van der Waals surface area (Å²) in [6.07, 6.45) is 7.29. The van der Waals surface area contributed by atoms with Crippen molar-refractivity contribution in [2.45, 2.75) is 31.7 Å². The Morgan fingerprint density at radius 3 is 2.73 bits per heavy atom. The number of benzene rings is 1. The number of nitrogens with zero attached hydrogens (tertiary/aromatic N) is 7. The molecule has 3 heterocycles. The molecule has 1 unspecified atom stereocenters. The molecule has 26 heavy (non-hydrogen) atoms. The van der Waals surface area contributed by atoms with E-state index in [-0.39, 0.29) is 6.04 Å². The van der Waals surface area contributed by atoms with Gasteiger partial charge >= 0.3 is 0 Å². The molecular formula is C18H18N8. The molecule has 1 aromatic carbocycles. The molecule has 0 bridgehead atoms. The number of hydrogen-bond acceptors (Lipinski definition) is 6. The maximum Gasteiger partial charge on any atom is 0.200 e. The first kappa shape index (κ1) is 15.0. The predicted octanol–water partition coefficient (Wildman–Crippen LogP) is 2.76. The average molecular weight is 346 g/mol. The third-order valence-electron chi connectivity index (χ3n) is 4.73. The quantitative estimate of drug-likeness (QED) is 0.598. The first-order valence-corrected chi connectivity index (χ1v) is 8.70. The SMILES string of the molecule is CC(Nc1cc(C2CC2)nn2cnnc12)c1ccc(-n2cncn2)cc1. The number of fused-ring (bicyclic) bond motifs is 1. The van der Waals surface area contributed by atoms with Crippen molar-refractivity contribution in [2.75, 3.05) is 5.32 Å². The van der Waals surface area contributed by atoms with Gasteiger partial charge in [0.1, 0.15) is 19.0 Å². The fraction of sp³-hybridized carbons (Fsp3) is 0.278. The zero-order valence-electron chi connectivity index (χ0n) is 14.3. The predicted molar refractivity (Wildman–Crippen MR) is 96.2 cm³/mol. The summed E-state index contributed by atoms with van der Waals surface area (Å²) in [5.41, 5.74) is 4.98. The molecule has 1 atom stereocenters. The average Bonchev–Trinajstić information content (AvgIpc) is 3.17. The molecule has 0 spiro atoms. The molecule has 1 saturated carbocycles. The minimum atomic E-state index is 0.120. The van der Waals surface area contributed by atoms with Gasteiger partial charge in [0, 0.05) is 12.0 Å². The van der Waals surface area contributed by atoms with E-state index in [1.165, 1.54) is 24.7 Å². The normalized spacial score (nSPS) is 15.3. The second-order valence-corrected chi connectivity index (χ2v) is 6.65. The van der Waals surface area contributed by atoms with Crippen molar-refractivity contribution < 1.29 is 0 Å². The van der Waals surface area contributed by atoms with E-state index in [0.29, 0.717) is 5.92 Å². The standard InChI is InChI=1S/C18H18N8/c1-12(13-4-6-15(7-5-13)25-10-19-9-21-25)22-17-8-16(14-2-3-14)24-26-11-20-23-18(17)26/h4-12,14,22H,2-3H2,1H3. The van der Waals surface area contributed by atoms with Crippen LogP contribution in [0.2, 0.25) is 0 Å². The van der Waals surface area contributed by atoms with Crippen molar-refractivity contribution in [3.05, 3.63) is 60.6 Å². The summed E-state index contributed by atoms with van der Waals surface area (Å²) in [4.78, 5) is 3.98. The van der Waals surface area contributed by atoms with Crippen molar-refractivity contribution in [1.29, 1.82) is 0 Å². The highest BCUT2D eigenvalue weighted by atomic mass is 15.4. The van der Waals surface area contributed by atoms with E-state index >= 15 is 0 Å². The molecule has 130 valence electrons.